The van der Waals surface area contributed by atoms with Crippen molar-refractivity contribution in [3.63, 3.8) is 0 Å². The molecular formula is C23H33FN4O5. The van der Waals surface area contributed by atoms with Crippen molar-refractivity contribution in [2.45, 2.75) is 24.8 Å². The van der Waals surface area contributed by atoms with Crippen molar-refractivity contribution in [2.75, 3.05) is 59.8 Å². The summed E-state index contributed by atoms with van der Waals surface area (Å²) < 4.78 is 29.1. The minimum absolute atomic E-state index is 0.142. The summed E-state index contributed by atoms with van der Waals surface area (Å²) in [6, 6.07) is 4.59. The molecule has 1 saturated heterocycles. The average Bonchev–Trinajstić information content (AvgIpc) is 3.21. The normalized spacial score (nSPS) is 15.5. The van der Waals surface area contributed by atoms with Crippen molar-refractivity contribution >= 4 is 22.7 Å². The minimum Gasteiger partial charge on any atom is -0.382 e. The van der Waals surface area contributed by atoms with Crippen LogP contribution in [0, 0.1) is 5.82 Å². The third-order valence-electron chi connectivity index (χ3n) is 5.72. The van der Waals surface area contributed by atoms with Crippen LogP contribution in [0.15, 0.2) is 24.4 Å². The van der Waals surface area contributed by atoms with Gasteiger partial charge in [0.2, 0.25) is 11.8 Å². The minimum atomic E-state index is -0.979. The first-order chi connectivity index (χ1) is 16.0. The van der Waals surface area contributed by atoms with E-state index in [4.69, 9.17) is 14.2 Å². The fraction of sp³-hybridized carbons (Fsp3) is 0.565. The van der Waals surface area contributed by atoms with Crippen molar-refractivity contribution in [3.05, 3.63) is 35.8 Å². The van der Waals surface area contributed by atoms with Crippen molar-refractivity contribution < 1.29 is 28.2 Å². The summed E-state index contributed by atoms with van der Waals surface area (Å²) in [6.07, 6.45) is 3.35. The van der Waals surface area contributed by atoms with Crippen LogP contribution >= 0.6 is 0 Å². The number of piperidine rings is 1. The number of carbonyl (C=O) groups excluding carboxylic acids is 2. The van der Waals surface area contributed by atoms with Crippen molar-refractivity contribution in [3.8, 4) is 0 Å². The van der Waals surface area contributed by atoms with E-state index in [9.17, 15) is 14.0 Å². The maximum Gasteiger partial charge on any atom is 0.246 e. The molecule has 2 amide bonds. The van der Waals surface area contributed by atoms with Gasteiger partial charge in [0.15, 0.2) is 0 Å². The highest BCUT2D eigenvalue weighted by molar-refractivity contribution is 5.92. The SMILES string of the molecule is COCCOCCOCC(=O)NC1(C(=O)NCCc2c[nH]c3ccc(F)cc23)CCNCC1. The molecule has 0 saturated carbocycles. The van der Waals surface area contributed by atoms with Gasteiger partial charge >= 0.3 is 0 Å². The number of nitrogens with one attached hydrogen (secondary N) is 4. The Labute approximate surface area is 192 Å². The summed E-state index contributed by atoms with van der Waals surface area (Å²) in [4.78, 5) is 28.7. The summed E-state index contributed by atoms with van der Waals surface area (Å²) in [5, 5.41) is 9.86. The second kappa shape index (κ2) is 12.6. The van der Waals surface area contributed by atoms with E-state index in [1.54, 1.807) is 13.2 Å². The Morgan fingerprint density at radius 2 is 1.88 bits per heavy atom. The molecule has 0 radical (unpaired) electrons. The quantitative estimate of drug-likeness (QED) is 0.328. The summed E-state index contributed by atoms with van der Waals surface area (Å²) >= 11 is 0. The first kappa shape index (κ1) is 25.1. The molecule has 10 heteroatoms. The van der Waals surface area contributed by atoms with Crippen LogP contribution in [-0.2, 0) is 30.2 Å². The molecule has 0 aliphatic carbocycles. The summed E-state index contributed by atoms with van der Waals surface area (Å²) in [5.74, 6) is -0.852. The summed E-state index contributed by atoms with van der Waals surface area (Å²) in [5.41, 5.74) is 0.797. The van der Waals surface area contributed by atoms with Crippen LogP contribution < -0.4 is 16.0 Å². The van der Waals surface area contributed by atoms with Crippen LogP contribution in [0.2, 0.25) is 0 Å². The van der Waals surface area contributed by atoms with Crippen LogP contribution in [0.4, 0.5) is 4.39 Å². The van der Waals surface area contributed by atoms with Crippen LogP contribution in [0.1, 0.15) is 18.4 Å². The fourth-order valence-corrected chi connectivity index (χ4v) is 3.93. The van der Waals surface area contributed by atoms with Gasteiger partial charge in [0.1, 0.15) is 18.0 Å². The van der Waals surface area contributed by atoms with E-state index in [1.165, 1.54) is 12.1 Å². The molecule has 2 heterocycles. The predicted octanol–water partition coefficient (Wildman–Crippen LogP) is 0.884. The van der Waals surface area contributed by atoms with E-state index in [-0.39, 0.29) is 30.8 Å². The molecule has 182 valence electrons. The second-order valence-electron chi connectivity index (χ2n) is 8.05. The highest BCUT2D eigenvalue weighted by Crippen LogP contribution is 2.21. The van der Waals surface area contributed by atoms with Gasteiger partial charge in [-0.15, -0.1) is 0 Å². The van der Waals surface area contributed by atoms with Gasteiger partial charge in [-0.2, -0.15) is 0 Å². The molecular weight excluding hydrogens is 431 g/mol. The van der Waals surface area contributed by atoms with E-state index in [1.807, 2.05) is 6.20 Å². The Balaban J connectivity index is 1.48. The summed E-state index contributed by atoms with van der Waals surface area (Å²) in [7, 11) is 1.60. The van der Waals surface area contributed by atoms with E-state index in [0.29, 0.717) is 58.7 Å². The van der Waals surface area contributed by atoms with Gasteiger partial charge in [0.25, 0.3) is 0 Å². The molecule has 2 aromatic rings. The molecule has 1 fully saturated rings. The zero-order chi connectivity index (χ0) is 23.5. The molecule has 4 N–H and O–H groups in total. The zero-order valence-electron chi connectivity index (χ0n) is 19.0. The van der Waals surface area contributed by atoms with Crippen molar-refractivity contribution in [1.29, 1.82) is 0 Å². The number of halogens is 1. The van der Waals surface area contributed by atoms with Gasteiger partial charge in [-0.05, 0) is 56.1 Å². The molecule has 9 nitrogen and oxygen atoms in total. The van der Waals surface area contributed by atoms with E-state index < -0.39 is 5.54 Å². The number of hydrogen-bond acceptors (Lipinski definition) is 6. The summed E-state index contributed by atoms with van der Waals surface area (Å²) in [6.45, 7) is 3.11. The Bertz CT molecular complexity index is 913. The molecule has 1 aliphatic heterocycles. The predicted molar refractivity (Wildman–Crippen MR) is 121 cm³/mol. The fourth-order valence-electron chi connectivity index (χ4n) is 3.93. The van der Waals surface area contributed by atoms with Gasteiger partial charge < -0.3 is 35.1 Å². The van der Waals surface area contributed by atoms with Crippen LogP contribution in [0.3, 0.4) is 0 Å². The number of aromatic amines is 1. The molecule has 1 aromatic carbocycles. The Hall–Kier alpha value is -2.53. The van der Waals surface area contributed by atoms with Gasteiger partial charge in [-0.3, -0.25) is 9.59 Å². The van der Waals surface area contributed by atoms with Crippen molar-refractivity contribution in [1.82, 2.24) is 20.9 Å². The molecule has 3 rings (SSSR count). The zero-order valence-corrected chi connectivity index (χ0v) is 19.0. The molecule has 1 aromatic heterocycles. The lowest BCUT2D eigenvalue weighted by molar-refractivity contribution is -0.137. The van der Waals surface area contributed by atoms with Gasteiger partial charge in [0.05, 0.1) is 26.4 Å². The van der Waals surface area contributed by atoms with E-state index in [2.05, 4.69) is 20.9 Å². The van der Waals surface area contributed by atoms with Gasteiger partial charge in [-0.25, -0.2) is 4.39 Å². The lowest BCUT2D eigenvalue weighted by Crippen LogP contribution is -2.63. The van der Waals surface area contributed by atoms with Crippen LogP contribution in [0.25, 0.3) is 10.9 Å². The van der Waals surface area contributed by atoms with Gasteiger partial charge in [-0.1, -0.05) is 0 Å². The molecule has 0 unspecified atom stereocenters. The first-order valence-corrected chi connectivity index (χ1v) is 11.2. The lowest BCUT2D eigenvalue weighted by Gasteiger charge is -2.37. The number of carbonyl (C=O) groups is 2. The topological polar surface area (TPSA) is 114 Å². The highest BCUT2D eigenvalue weighted by atomic mass is 19.1. The Morgan fingerprint density at radius 3 is 2.67 bits per heavy atom. The molecule has 0 spiro atoms. The number of methoxy groups -OCH3 is 1. The number of amides is 2. The lowest BCUT2D eigenvalue weighted by atomic mass is 9.87. The maximum atomic E-state index is 13.6. The monoisotopic (exact) mass is 464 g/mol. The largest absolute Gasteiger partial charge is 0.382 e. The van der Waals surface area contributed by atoms with Crippen LogP contribution in [0.5, 0.6) is 0 Å². The molecule has 1 aliphatic rings. The number of ether oxygens (including phenoxy) is 3. The third kappa shape index (κ3) is 7.23. The number of fused-ring (bicyclic) bond motifs is 1. The first-order valence-electron chi connectivity index (χ1n) is 11.2. The number of aromatic nitrogens is 1. The Morgan fingerprint density at radius 1 is 1.12 bits per heavy atom. The highest BCUT2D eigenvalue weighted by Gasteiger charge is 2.40. The number of benzene rings is 1. The molecule has 0 bridgehead atoms. The van der Waals surface area contributed by atoms with E-state index >= 15 is 0 Å². The van der Waals surface area contributed by atoms with E-state index in [0.717, 1.165) is 16.5 Å². The smallest absolute Gasteiger partial charge is 0.246 e. The average molecular weight is 465 g/mol. The standard InChI is InChI=1S/C23H33FN4O5/c1-31-10-11-32-12-13-33-16-21(29)28-23(5-8-25-9-6-23)22(30)26-7-4-17-15-27-20-3-2-18(24)14-19(17)20/h2-3,14-15,25,27H,4-13,16H2,1H3,(H,26,30)(H,28,29). The number of rotatable bonds is 13. The molecule has 33 heavy (non-hydrogen) atoms. The second-order valence-corrected chi connectivity index (χ2v) is 8.05. The van der Waals surface area contributed by atoms with Crippen molar-refractivity contribution in [2.24, 2.45) is 0 Å². The number of hydrogen-bond donors (Lipinski definition) is 4. The third-order valence-corrected chi connectivity index (χ3v) is 5.72. The Kier molecular flexibility index (Phi) is 9.61. The molecule has 0 atom stereocenters. The van der Waals surface area contributed by atoms with Gasteiger partial charge in [0, 0.05) is 30.8 Å². The van der Waals surface area contributed by atoms with Crippen LogP contribution in [-0.4, -0.2) is 82.1 Å². The maximum absolute atomic E-state index is 13.6. The number of H-pyrrole nitrogens is 1.